The third kappa shape index (κ3) is 8.05. The van der Waals surface area contributed by atoms with Crippen LogP contribution in [0.5, 0.6) is 0 Å². The van der Waals surface area contributed by atoms with Crippen molar-refractivity contribution in [2.45, 2.75) is 13.0 Å². The summed E-state index contributed by atoms with van der Waals surface area (Å²) in [6.07, 6.45) is 4.01. The van der Waals surface area contributed by atoms with E-state index in [0.29, 0.717) is 11.9 Å². The van der Waals surface area contributed by atoms with Crippen LogP contribution in [-0.2, 0) is 0 Å². The maximum atomic E-state index is 5.48. The number of nitrogens with one attached hydrogen (secondary N) is 1. The minimum Gasteiger partial charge on any atom is -0.310 e. The second-order valence-electron chi connectivity index (χ2n) is 3.20. The highest BCUT2D eigenvalue weighted by Gasteiger charge is 1.99. The molecule has 0 spiro atoms. The first-order valence-electron chi connectivity index (χ1n) is 4.26. The summed E-state index contributed by atoms with van der Waals surface area (Å²) in [6.45, 7) is 4.14. The Labute approximate surface area is 80.6 Å². The fourth-order valence-electron chi connectivity index (χ4n) is 1.03. The summed E-state index contributed by atoms with van der Waals surface area (Å²) in [5.74, 6) is 0.601. The van der Waals surface area contributed by atoms with Gasteiger partial charge in [-0.05, 0) is 21.0 Å². The van der Waals surface area contributed by atoms with Gasteiger partial charge in [-0.1, -0.05) is 12.2 Å². The molecule has 0 saturated carbocycles. The predicted molar refractivity (Wildman–Crippen MR) is 55.9 cm³/mol. The molecule has 0 fully saturated rings. The molecule has 3 heteroatoms. The van der Waals surface area contributed by atoms with Gasteiger partial charge in [0.2, 0.25) is 0 Å². The second kappa shape index (κ2) is 7.59. The lowest BCUT2D eigenvalue weighted by Gasteiger charge is -2.17. The van der Waals surface area contributed by atoms with Crippen LogP contribution in [0, 0.1) is 0 Å². The van der Waals surface area contributed by atoms with Crippen LogP contribution >= 0.6 is 11.6 Å². The van der Waals surface area contributed by atoms with Crippen molar-refractivity contribution in [1.82, 2.24) is 10.2 Å². The van der Waals surface area contributed by atoms with E-state index in [4.69, 9.17) is 11.6 Å². The Morgan fingerprint density at radius 1 is 1.42 bits per heavy atom. The number of halogens is 1. The molecule has 1 N–H and O–H groups in total. The van der Waals surface area contributed by atoms with Crippen LogP contribution in [0.2, 0.25) is 0 Å². The van der Waals surface area contributed by atoms with Crippen molar-refractivity contribution in [3.63, 3.8) is 0 Å². The Kier molecular flexibility index (Phi) is 7.56. The molecule has 1 unspecified atom stereocenters. The number of nitrogens with zero attached hydrogens (tertiary/aromatic N) is 1. The van der Waals surface area contributed by atoms with Crippen LogP contribution < -0.4 is 5.32 Å². The van der Waals surface area contributed by atoms with Crippen LogP contribution in [0.25, 0.3) is 0 Å². The van der Waals surface area contributed by atoms with E-state index in [1.165, 1.54) is 0 Å². The average Bonchev–Trinajstić information content (AvgIpc) is 1.97. The van der Waals surface area contributed by atoms with Crippen molar-refractivity contribution in [3.8, 4) is 0 Å². The quantitative estimate of drug-likeness (QED) is 0.502. The summed E-state index contributed by atoms with van der Waals surface area (Å²) in [5, 5.41) is 3.36. The Hall–Kier alpha value is -0.0500. The van der Waals surface area contributed by atoms with Gasteiger partial charge in [0.15, 0.2) is 0 Å². The van der Waals surface area contributed by atoms with Crippen LogP contribution in [-0.4, -0.2) is 44.0 Å². The van der Waals surface area contributed by atoms with Gasteiger partial charge in [0, 0.05) is 25.0 Å². The van der Waals surface area contributed by atoms with Crippen molar-refractivity contribution in [1.29, 1.82) is 0 Å². The first kappa shape index (κ1) is 11.9. The number of hydrogen-bond donors (Lipinski definition) is 1. The van der Waals surface area contributed by atoms with Gasteiger partial charge in [0.1, 0.15) is 0 Å². The average molecular weight is 191 g/mol. The molecule has 0 aliphatic carbocycles. The molecule has 0 aromatic carbocycles. The Morgan fingerprint density at radius 3 is 2.58 bits per heavy atom. The van der Waals surface area contributed by atoms with Gasteiger partial charge in [-0.2, -0.15) is 0 Å². The van der Waals surface area contributed by atoms with E-state index in [0.717, 1.165) is 13.1 Å². The van der Waals surface area contributed by atoms with E-state index in [2.05, 4.69) is 37.3 Å². The molecule has 0 radical (unpaired) electrons. The molecular weight excluding hydrogens is 172 g/mol. The lowest BCUT2D eigenvalue weighted by molar-refractivity contribution is 0.356. The summed E-state index contributed by atoms with van der Waals surface area (Å²) in [7, 11) is 4.15. The number of alkyl halides is 1. The van der Waals surface area contributed by atoms with Crippen molar-refractivity contribution >= 4 is 11.6 Å². The van der Waals surface area contributed by atoms with Crippen LogP contribution in [0.15, 0.2) is 12.2 Å². The molecule has 0 aliphatic rings. The zero-order chi connectivity index (χ0) is 9.40. The highest BCUT2D eigenvalue weighted by atomic mass is 35.5. The normalized spacial score (nSPS) is 14.4. The highest BCUT2D eigenvalue weighted by Crippen LogP contribution is 1.84. The van der Waals surface area contributed by atoms with E-state index in [-0.39, 0.29) is 0 Å². The zero-order valence-corrected chi connectivity index (χ0v) is 8.93. The van der Waals surface area contributed by atoms with Crippen molar-refractivity contribution in [2.75, 3.05) is 33.1 Å². The first-order chi connectivity index (χ1) is 5.66. The molecule has 0 aliphatic heterocycles. The molecule has 12 heavy (non-hydrogen) atoms. The molecule has 0 bridgehead atoms. The maximum Gasteiger partial charge on any atom is 0.0404 e. The molecule has 2 nitrogen and oxygen atoms in total. The topological polar surface area (TPSA) is 15.3 Å². The smallest absolute Gasteiger partial charge is 0.0404 e. The molecular formula is C9H19ClN2. The summed E-state index contributed by atoms with van der Waals surface area (Å²) in [4.78, 5) is 2.17. The monoisotopic (exact) mass is 190 g/mol. The van der Waals surface area contributed by atoms with Crippen LogP contribution in [0.1, 0.15) is 6.92 Å². The SMILES string of the molecule is CC(CN(C)C)NC/C=C/CCl. The molecule has 0 saturated heterocycles. The van der Waals surface area contributed by atoms with Gasteiger partial charge in [-0.25, -0.2) is 0 Å². The summed E-state index contributed by atoms with van der Waals surface area (Å²) in [5.41, 5.74) is 0. The minimum absolute atomic E-state index is 0.528. The lowest BCUT2D eigenvalue weighted by atomic mass is 10.3. The Bertz CT molecular complexity index is 124. The third-order valence-electron chi connectivity index (χ3n) is 1.48. The van der Waals surface area contributed by atoms with Crippen LogP contribution in [0.4, 0.5) is 0 Å². The first-order valence-corrected chi connectivity index (χ1v) is 4.79. The molecule has 1 atom stereocenters. The molecule has 0 aromatic heterocycles. The van der Waals surface area contributed by atoms with Gasteiger partial charge >= 0.3 is 0 Å². The number of rotatable bonds is 6. The number of likely N-dealkylation sites (N-methyl/N-ethyl adjacent to an activating group) is 1. The van der Waals surface area contributed by atoms with Gasteiger partial charge in [-0.3, -0.25) is 0 Å². The molecule has 0 aromatic rings. The minimum atomic E-state index is 0.528. The fourth-order valence-corrected chi connectivity index (χ4v) is 1.15. The maximum absolute atomic E-state index is 5.48. The number of allylic oxidation sites excluding steroid dienone is 1. The van der Waals surface area contributed by atoms with Crippen molar-refractivity contribution in [2.24, 2.45) is 0 Å². The zero-order valence-electron chi connectivity index (χ0n) is 8.18. The largest absolute Gasteiger partial charge is 0.310 e. The molecule has 72 valence electrons. The van der Waals surface area contributed by atoms with E-state index in [1.807, 2.05) is 6.08 Å². The van der Waals surface area contributed by atoms with E-state index >= 15 is 0 Å². The van der Waals surface area contributed by atoms with Crippen LogP contribution in [0.3, 0.4) is 0 Å². The highest BCUT2D eigenvalue weighted by molar-refractivity contribution is 6.18. The molecule has 0 amide bonds. The van der Waals surface area contributed by atoms with Gasteiger partial charge in [0.25, 0.3) is 0 Å². The molecule has 0 heterocycles. The fraction of sp³-hybridized carbons (Fsp3) is 0.778. The third-order valence-corrected chi connectivity index (χ3v) is 1.66. The predicted octanol–water partition coefficient (Wildman–Crippen LogP) is 1.32. The van der Waals surface area contributed by atoms with Gasteiger partial charge < -0.3 is 10.2 Å². The Morgan fingerprint density at radius 2 is 2.08 bits per heavy atom. The summed E-state index contributed by atoms with van der Waals surface area (Å²) < 4.78 is 0. The number of hydrogen-bond acceptors (Lipinski definition) is 2. The lowest BCUT2D eigenvalue weighted by Crippen LogP contribution is -2.35. The standard InChI is InChI=1S/C9H19ClN2/c1-9(8-12(2)3)11-7-5-4-6-10/h4-5,9,11H,6-8H2,1-3H3/b5-4+. The van der Waals surface area contributed by atoms with Gasteiger partial charge in [0.05, 0.1) is 0 Å². The van der Waals surface area contributed by atoms with Gasteiger partial charge in [-0.15, -0.1) is 11.6 Å². The van der Waals surface area contributed by atoms with Crippen molar-refractivity contribution < 1.29 is 0 Å². The summed E-state index contributed by atoms with van der Waals surface area (Å²) >= 11 is 5.48. The van der Waals surface area contributed by atoms with E-state index < -0.39 is 0 Å². The second-order valence-corrected chi connectivity index (χ2v) is 3.51. The van der Waals surface area contributed by atoms with E-state index in [1.54, 1.807) is 0 Å². The Balaban J connectivity index is 3.31. The van der Waals surface area contributed by atoms with E-state index in [9.17, 15) is 0 Å². The summed E-state index contributed by atoms with van der Waals surface area (Å²) in [6, 6.07) is 0.528. The van der Waals surface area contributed by atoms with Crippen molar-refractivity contribution in [3.05, 3.63) is 12.2 Å². The molecule has 0 rings (SSSR count).